The van der Waals surface area contributed by atoms with Crippen molar-refractivity contribution in [1.29, 1.82) is 0 Å². The van der Waals surface area contributed by atoms with E-state index in [9.17, 15) is 9.59 Å². The van der Waals surface area contributed by atoms with Crippen molar-refractivity contribution in [2.75, 3.05) is 13.6 Å². The Bertz CT molecular complexity index is 490. The SMILES string of the molecule is CC(C)N(CCCC(=O)O)C(=O)N(C)Cc1ccc(Cl)s1. The molecule has 7 heteroatoms. The maximum Gasteiger partial charge on any atom is 0.320 e. The van der Waals surface area contributed by atoms with Gasteiger partial charge in [0.1, 0.15) is 0 Å². The molecular weight excluding hydrogens is 312 g/mol. The number of aliphatic carboxylic acids is 1. The van der Waals surface area contributed by atoms with Crippen molar-refractivity contribution < 1.29 is 14.7 Å². The van der Waals surface area contributed by atoms with Gasteiger partial charge >= 0.3 is 12.0 Å². The van der Waals surface area contributed by atoms with Crippen molar-refractivity contribution in [3.8, 4) is 0 Å². The van der Waals surface area contributed by atoms with Crippen molar-refractivity contribution in [2.45, 2.75) is 39.3 Å². The number of carboxylic acids is 1. The molecule has 0 atom stereocenters. The van der Waals surface area contributed by atoms with E-state index in [0.717, 1.165) is 4.88 Å². The lowest BCUT2D eigenvalue weighted by molar-refractivity contribution is -0.137. The van der Waals surface area contributed by atoms with Gasteiger partial charge in [0.25, 0.3) is 0 Å². The second kappa shape index (κ2) is 8.24. The van der Waals surface area contributed by atoms with Gasteiger partial charge in [0, 0.05) is 30.9 Å². The largest absolute Gasteiger partial charge is 0.481 e. The Balaban J connectivity index is 2.60. The summed E-state index contributed by atoms with van der Waals surface area (Å²) in [5.41, 5.74) is 0. The minimum atomic E-state index is -0.840. The number of rotatable bonds is 7. The molecule has 0 spiro atoms. The predicted molar refractivity (Wildman–Crippen MR) is 84.9 cm³/mol. The molecule has 2 amide bonds. The molecule has 21 heavy (non-hydrogen) atoms. The van der Waals surface area contributed by atoms with E-state index in [0.29, 0.717) is 23.8 Å². The van der Waals surface area contributed by atoms with Gasteiger partial charge in [-0.1, -0.05) is 11.6 Å². The fourth-order valence-electron chi connectivity index (χ4n) is 1.93. The lowest BCUT2D eigenvalue weighted by Crippen LogP contribution is -2.45. The smallest absolute Gasteiger partial charge is 0.320 e. The molecule has 1 rings (SSSR count). The Morgan fingerprint density at radius 3 is 2.52 bits per heavy atom. The molecule has 0 fully saturated rings. The van der Waals surface area contributed by atoms with Crippen molar-refractivity contribution in [1.82, 2.24) is 9.80 Å². The molecule has 1 aromatic heterocycles. The second-order valence-electron chi connectivity index (χ2n) is 5.13. The van der Waals surface area contributed by atoms with E-state index in [4.69, 9.17) is 16.7 Å². The number of hydrogen-bond donors (Lipinski definition) is 1. The first kappa shape index (κ1) is 17.8. The van der Waals surface area contributed by atoms with E-state index >= 15 is 0 Å². The van der Waals surface area contributed by atoms with Crippen LogP contribution in [0.4, 0.5) is 4.79 Å². The Morgan fingerprint density at radius 1 is 1.38 bits per heavy atom. The molecule has 1 N–H and O–H groups in total. The van der Waals surface area contributed by atoms with Crippen LogP contribution in [-0.2, 0) is 11.3 Å². The van der Waals surface area contributed by atoms with Crippen LogP contribution in [0, 0.1) is 0 Å². The molecule has 1 heterocycles. The molecule has 0 aromatic carbocycles. The molecule has 1 aromatic rings. The minimum absolute atomic E-state index is 0.0284. The van der Waals surface area contributed by atoms with Crippen LogP contribution in [0.15, 0.2) is 12.1 Å². The zero-order valence-electron chi connectivity index (χ0n) is 12.5. The first-order valence-electron chi connectivity index (χ1n) is 6.79. The average Bonchev–Trinajstić information content (AvgIpc) is 2.78. The summed E-state index contributed by atoms with van der Waals surface area (Å²) in [5, 5.41) is 8.68. The number of halogens is 1. The summed E-state index contributed by atoms with van der Waals surface area (Å²) in [5.74, 6) is -0.840. The van der Waals surface area contributed by atoms with Crippen molar-refractivity contribution in [3.05, 3.63) is 21.3 Å². The summed E-state index contributed by atoms with van der Waals surface area (Å²) in [6.07, 6.45) is 0.526. The monoisotopic (exact) mass is 332 g/mol. The summed E-state index contributed by atoms with van der Waals surface area (Å²) in [7, 11) is 1.74. The normalized spacial score (nSPS) is 10.7. The predicted octanol–water partition coefficient (Wildman–Crippen LogP) is 3.53. The van der Waals surface area contributed by atoms with Gasteiger partial charge in [-0.3, -0.25) is 4.79 Å². The fourth-order valence-corrected chi connectivity index (χ4v) is 3.07. The number of amides is 2. The Kier molecular flexibility index (Phi) is 6.98. The standard InChI is InChI=1S/C14H21ClN2O3S/c1-10(2)17(8-4-5-13(18)19)14(20)16(3)9-11-6-7-12(15)21-11/h6-7,10H,4-5,8-9H2,1-3H3,(H,18,19). The maximum atomic E-state index is 12.4. The molecule has 0 aliphatic heterocycles. The van der Waals surface area contributed by atoms with Gasteiger partial charge in [-0.15, -0.1) is 11.3 Å². The van der Waals surface area contributed by atoms with Crippen molar-refractivity contribution in [2.24, 2.45) is 0 Å². The molecule has 0 saturated carbocycles. The molecule has 118 valence electrons. The molecule has 5 nitrogen and oxygen atoms in total. The van der Waals surface area contributed by atoms with E-state index < -0.39 is 5.97 Å². The number of carboxylic acid groups (broad SMARTS) is 1. The van der Waals surface area contributed by atoms with Gasteiger partial charge in [-0.2, -0.15) is 0 Å². The summed E-state index contributed by atoms with van der Waals surface area (Å²) >= 11 is 7.33. The molecule has 0 saturated heterocycles. The highest BCUT2D eigenvalue weighted by molar-refractivity contribution is 7.16. The molecule has 0 radical (unpaired) electrons. The van der Waals surface area contributed by atoms with E-state index in [2.05, 4.69) is 0 Å². The summed E-state index contributed by atoms with van der Waals surface area (Å²) in [6, 6.07) is 3.65. The highest BCUT2D eigenvalue weighted by Gasteiger charge is 2.21. The van der Waals surface area contributed by atoms with Crippen LogP contribution in [0.2, 0.25) is 4.34 Å². The van der Waals surface area contributed by atoms with Gasteiger partial charge in [0.05, 0.1) is 10.9 Å². The van der Waals surface area contributed by atoms with E-state index in [1.54, 1.807) is 16.8 Å². The first-order chi connectivity index (χ1) is 9.81. The molecule has 0 unspecified atom stereocenters. The van der Waals surface area contributed by atoms with Crippen molar-refractivity contribution in [3.63, 3.8) is 0 Å². The molecule has 0 aliphatic rings. The third-order valence-corrected chi connectivity index (χ3v) is 4.22. The van der Waals surface area contributed by atoms with Crippen LogP contribution in [-0.4, -0.2) is 46.5 Å². The highest BCUT2D eigenvalue weighted by atomic mass is 35.5. The third-order valence-electron chi connectivity index (χ3n) is 3.01. The molecule has 0 aliphatic carbocycles. The summed E-state index contributed by atoms with van der Waals surface area (Å²) < 4.78 is 0.702. The van der Waals surface area contributed by atoms with Gasteiger partial charge in [0.2, 0.25) is 0 Å². The second-order valence-corrected chi connectivity index (χ2v) is 6.93. The Labute approximate surface area is 134 Å². The highest BCUT2D eigenvalue weighted by Crippen LogP contribution is 2.22. The Hall–Kier alpha value is -1.27. The van der Waals surface area contributed by atoms with Gasteiger partial charge in [-0.05, 0) is 32.4 Å². The van der Waals surface area contributed by atoms with Crippen LogP contribution in [0.1, 0.15) is 31.6 Å². The number of nitrogens with zero attached hydrogens (tertiary/aromatic N) is 2. The fraction of sp³-hybridized carbons (Fsp3) is 0.571. The van der Waals surface area contributed by atoms with E-state index in [1.165, 1.54) is 11.3 Å². The van der Waals surface area contributed by atoms with Gasteiger partial charge in [0.15, 0.2) is 0 Å². The van der Waals surface area contributed by atoms with Gasteiger partial charge in [-0.25, -0.2) is 4.79 Å². The molecular formula is C14H21ClN2O3S. The van der Waals surface area contributed by atoms with E-state index in [1.807, 2.05) is 26.0 Å². The first-order valence-corrected chi connectivity index (χ1v) is 7.98. The quantitative estimate of drug-likeness (QED) is 0.831. The number of carbonyl (C=O) groups is 2. The topological polar surface area (TPSA) is 60.9 Å². The third kappa shape index (κ3) is 5.93. The van der Waals surface area contributed by atoms with Crippen LogP contribution >= 0.6 is 22.9 Å². The zero-order chi connectivity index (χ0) is 16.0. The lowest BCUT2D eigenvalue weighted by Gasteiger charge is -2.31. The number of hydrogen-bond acceptors (Lipinski definition) is 3. The number of carbonyl (C=O) groups excluding carboxylic acids is 1. The van der Waals surface area contributed by atoms with Crippen LogP contribution in [0.3, 0.4) is 0 Å². The summed E-state index contributed by atoms with van der Waals surface area (Å²) in [4.78, 5) is 27.4. The zero-order valence-corrected chi connectivity index (χ0v) is 14.1. The average molecular weight is 333 g/mol. The van der Waals surface area contributed by atoms with Crippen LogP contribution in [0.5, 0.6) is 0 Å². The van der Waals surface area contributed by atoms with E-state index in [-0.39, 0.29) is 18.5 Å². The van der Waals surface area contributed by atoms with Gasteiger partial charge < -0.3 is 14.9 Å². The summed E-state index contributed by atoms with van der Waals surface area (Å²) in [6.45, 7) is 4.79. The maximum absolute atomic E-state index is 12.4. The number of urea groups is 1. The van der Waals surface area contributed by atoms with Crippen LogP contribution < -0.4 is 0 Å². The number of thiophene rings is 1. The lowest BCUT2D eigenvalue weighted by atomic mass is 10.2. The van der Waals surface area contributed by atoms with Crippen molar-refractivity contribution >= 4 is 34.9 Å². The Morgan fingerprint density at radius 2 is 2.05 bits per heavy atom. The van der Waals surface area contributed by atoms with Crippen LogP contribution in [0.25, 0.3) is 0 Å². The molecule has 0 bridgehead atoms. The minimum Gasteiger partial charge on any atom is -0.481 e.